The van der Waals surface area contributed by atoms with Crippen molar-refractivity contribution in [1.29, 1.82) is 0 Å². The molecule has 7 heteroatoms. The van der Waals surface area contributed by atoms with E-state index in [-0.39, 0.29) is 11.6 Å². The molecule has 1 aliphatic heterocycles. The number of rotatable bonds is 4. The van der Waals surface area contributed by atoms with E-state index in [1.54, 1.807) is 14.1 Å². The Bertz CT molecular complexity index is 579. The molecule has 0 bridgehead atoms. The third-order valence-electron chi connectivity index (χ3n) is 4.49. The minimum Gasteiger partial charge on any atom is -0.358 e. The van der Waals surface area contributed by atoms with Crippen LogP contribution in [-0.4, -0.2) is 51.8 Å². The van der Waals surface area contributed by atoms with Crippen LogP contribution in [-0.2, 0) is 11.8 Å². The molecule has 21 heavy (non-hydrogen) atoms. The highest BCUT2D eigenvalue weighted by Crippen LogP contribution is 2.37. The molecule has 0 spiro atoms. The zero-order valence-corrected chi connectivity index (χ0v) is 12.7. The van der Waals surface area contributed by atoms with E-state index in [0.717, 1.165) is 44.6 Å². The van der Waals surface area contributed by atoms with E-state index in [4.69, 9.17) is 0 Å². The van der Waals surface area contributed by atoms with E-state index in [9.17, 15) is 9.59 Å². The molecule has 1 aromatic rings. The van der Waals surface area contributed by atoms with Crippen molar-refractivity contribution in [3.63, 3.8) is 0 Å². The Morgan fingerprint density at radius 1 is 1.29 bits per heavy atom. The first-order chi connectivity index (χ1) is 10.1. The summed E-state index contributed by atoms with van der Waals surface area (Å²) in [6.45, 7) is 2.22. The summed E-state index contributed by atoms with van der Waals surface area (Å²) in [4.78, 5) is 25.7. The highest BCUT2D eigenvalue weighted by molar-refractivity contribution is 5.77. The molecule has 2 heterocycles. The maximum Gasteiger partial charge on any atom is 0.345 e. The molecule has 7 nitrogen and oxygen atoms in total. The Hall–Kier alpha value is -1.63. The first-order valence-electron chi connectivity index (χ1n) is 7.68. The van der Waals surface area contributed by atoms with Crippen LogP contribution >= 0.6 is 0 Å². The number of nitrogens with zero attached hydrogens (tertiary/aromatic N) is 4. The number of likely N-dealkylation sites (N-methyl/N-ethyl adjacent to an activating group) is 1. The molecule has 1 saturated carbocycles. The van der Waals surface area contributed by atoms with Crippen molar-refractivity contribution >= 4 is 5.91 Å². The van der Waals surface area contributed by atoms with Crippen LogP contribution in [0.25, 0.3) is 0 Å². The second kappa shape index (κ2) is 5.63. The SMILES string of the molecule is CNC(=O)CN1CCC(c2nn(C)c(=O)n2C2CC2)CC1. The van der Waals surface area contributed by atoms with Gasteiger partial charge in [-0.1, -0.05) is 0 Å². The van der Waals surface area contributed by atoms with Crippen LogP contribution in [0, 0.1) is 0 Å². The van der Waals surface area contributed by atoms with E-state index in [0.29, 0.717) is 18.5 Å². The van der Waals surface area contributed by atoms with Crippen molar-refractivity contribution in [2.75, 3.05) is 26.7 Å². The molecular weight excluding hydrogens is 270 g/mol. The number of nitrogens with one attached hydrogen (secondary N) is 1. The number of likely N-dealkylation sites (tertiary alicyclic amines) is 1. The summed E-state index contributed by atoms with van der Waals surface area (Å²) in [5.74, 6) is 1.34. The van der Waals surface area contributed by atoms with Gasteiger partial charge in [-0.3, -0.25) is 14.3 Å². The normalized spacial score (nSPS) is 20.7. The minimum absolute atomic E-state index is 0.0142. The Morgan fingerprint density at radius 3 is 2.52 bits per heavy atom. The summed E-state index contributed by atoms with van der Waals surface area (Å²) in [5, 5.41) is 7.12. The second-order valence-corrected chi connectivity index (χ2v) is 6.09. The van der Waals surface area contributed by atoms with E-state index in [1.807, 2.05) is 4.57 Å². The lowest BCUT2D eigenvalue weighted by Crippen LogP contribution is -2.40. The predicted molar refractivity (Wildman–Crippen MR) is 78.2 cm³/mol. The van der Waals surface area contributed by atoms with Crippen LogP contribution in [0.3, 0.4) is 0 Å². The number of hydrogen-bond donors (Lipinski definition) is 1. The zero-order valence-electron chi connectivity index (χ0n) is 12.7. The molecule has 1 amide bonds. The maximum absolute atomic E-state index is 12.2. The first kappa shape index (κ1) is 14.3. The smallest absolute Gasteiger partial charge is 0.345 e. The highest BCUT2D eigenvalue weighted by Gasteiger charge is 2.33. The number of aryl methyl sites for hydroxylation is 1. The van der Waals surface area contributed by atoms with Gasteiger partial charge in [0.25, 0.3) is 0 Å². The molecule has 2 aliphatic rings. The van der Waals surface area contributed by atoms with Crippen molar-refractivity contribution in [3.8, 4) is 0 Å². The van der Waals surface area contributed by atoms with E-state index in [1.165, 1.54) is 4.68 Å². The summed E-state index contributed by atoms with van der Waals surface area (Å²) in [7, 11) is 3.39. The number of carbonyl (C=O) groups is 1. The van der Waals surface area contributed by atoms with Gasteiger partial charge in [0.05, 0.1) is 6.54 Å². The molecule has 0 aromatic carbocycles. The van der Waals surface area contributed by atoms with Gasteiger partial charge >= 0.3 is 5.69 Å². The number of hydrogen-bond acceptors (Lipinski definition) is 4. The Kier molecular flexibility index (Phi) is 3.84. The summed E-state index contributed by atoms with van der Waals surface area (Å²) in [6, 6.07) is 0.366. The average molecular weight is 293 g/mol. The van der Waals surface area contributed by atoms with E-state index < -0.39 is 0 Å². The van der Waals surface area contributed by atoms with Gasteiger partial charge in [-0.2, -0.15) is 5.10 Å². The maximum atomic E-state index is 12.2. The number of piperidine rings is 1. The van der Waals surface area contributed by atoms with Crippen molar-refractivity contribution in [2.24, 2.45) is 7.05 Å². The van der Waals surface area contributed by atoms with Crippen molar-refractivity contribution in [3.05, 3.63) is 16.3 Å². The van der Waals surface area contributed by atoms with Crippen LogP contribution in [0.15, 0.2) is 4.79 Å². The van der Waals surface area contributed by atoms with Gasteiger partial charge in [0.15, 0.2) is 0 Å². The summed E-state index contributed by atoms with van der Waals surface area (Å²) in [5.41, 5.74) is 0.0142. The fraction of sp³-hybridized carbons (Fsp3) is 0.786. The van der Waals surface area contributed by atoms with E-state index >= 15 is 0 Å². The first-order valence-corrected chi connectivity index (χ1v) is 7.68. The fourth-order valence-electron chi connectivity index (χ4n) is 3.08. The third-order valence-corrected chi connectivity index (χ3v) is 4.49. The Balaban J connectivity index is 1.69. The van der Waals surface area contributed by atoms with Gasteiger partial charge in [-0.25, -0.2) is 9.48 Å². The molecular formula is C14H23N5O2. The standard InChI is InChI=1S/C14H23N5O2/c1-15-12(20)9-18-7-5-10(6-8-18)13-16-17(2)14(21)19(13)11-3-4-11/h10-11H,3-9H2,1-2H3,(H,15,20). The molecule has 3 rings (SSSR count). The number of aromatic nitrogens is 3. The highest BCUT2D eigenvalue weighted by atomic mass is 16.2. The van der Waals surface area contributed by atoms with Crippen LogP contribution in [0.1, 0.15) is 43.5 Å². The number of carbonyl (C=O) groups excluding carboxylic acids is 1. The van der Waals surface area contributed by atoms with Gasteiger partial charge in [-0.05, 0) is 38.8 Å². The average Bonchev–Trinajstić information content (AvgIpc) is 3.27. The van der Waals surface area contributed by atoms with Crippen molar-refractivity contribution in [2.45, 2.75) is 37.6 Å². The molecule has 1 aromatic heterocycles. The lowest BCUT2D eigenvalue weighted by atomic mass is 9.96. The molecule has 0 unspecified atom stereocenters. The van der Waals surface area contributed by atoms with Gasteiger partial charge < -0.3 is 5.32 Å². The third kappa shape index (κ3) is 2.88. The largest absolute Gasteiger partial charge is 0.358 e. The minimum atomic E-state index is 0.0142. The van der Waals surface area contributed by atoms with E-state index in [2.05, 4.69) is 15.3 Å². The summed E-state index contributed by atoms with van der Waals surface area (Å²) in [6.07, 6.45) is 4.10. The van der Waals surface area contributed by atoms with Crippen molar-refractivity contribution < 1.29 is 4.79 Å². The lowest BCUT2D eigenvalue weighted by molar-refractivity contribution is -0.122. The molecule has 0 radical (unpaired) electrons. The van der Waals surface area contributed by atoms with Crippen LogP contribution in [0.4, 0.5) is 0 Å². The lowest BCUT2D eigenvalue weighted by Gasteiger charge is -2.30. The molecule has 116 valence electrons. The molecule has 2 fully saturated rings. The predicted octanol–water partition coefficient (Wildman–Crippen LogP) is -0.158. The molecule has 1 aliphatic carbocycles. The number of amides is 1. The van der Waals surface area contributed by atoms with Crippen molar-refractivity contribution in [1.82, 2.24) is 24.6 Å². The second-order valence-electron chi connectivity index (χ2n) is 6.09. The molecule has 0 atom stereocenters. The van der Waals surface area contributed by atoms with Gasteiger partial charge in [-0.15, -0.1) is 0 Å². The van der Waals surface area contributed by atoms with Crippen LogP contribution in [0.2, 0.25) is 0 Å². The molecule has 1 N–H and O–H groups in total. The van der Waals surface area contributed by atoms with Gasteiger partial charge in [0, 0.05) is 26.1 Å². The summed E-state index contributed by atoms with van der Waals surface area (Å²) >= 11 is 0. The van der Waals surface area contributed by atoms with Gasteiger partial charge in [0.2, 0.25) is 5.91 Å². The Morgan fingerprint density at radius 2 is 1.95 bits per heavy atom. The summed E-state index contributed by atoms with van der Waals surface area (Å²) < 4.78 is 3.36. The molecule has 1 saturated heterocycles. The van der Waals surface area contributed by atoms with Crippen LogP contribution in [0.5, 0.6) is 0 Å². The van der Waals surface area contributed by atoms with Gasteiger partial charge in [0.1, 0.15) is 5.82 Å². The Labute approximate surface area is 123 Å². The monoisotopic (exact) mass is 293 g/mol. The zero-order chi connectivity index (χ0) is 15.0. The quantitative estimate of drug-likeness (QED) is 0.837. The van der Waals surface area contributed by atoms with Crippen LogP contribution < -0.4 is 11.0 Å². The topological polar surface area (TPSA) is 72.2 Å². The fourth-order valence-corrected chi connectivity index (χ4v) is 3.08.